The van der Waals surface area contributed by atoms with Crippen molar-refractivity contribution in [3.63, 3.8) is 0 Å². The molecule has 0 aliphatic carbocycles. The van der Waals surface area contributed by atoms with E-state index in [2.05, 4.69) is 11.9 Å². The van der Waals surface area contributed by atoms with Crippen LogP contribution in [0.15, 0.2) is 34.5 Å². The number of sulfone groups is 1. The largest absolute Gasteiger partial charge is 0.341 e. The zero-order valence-electron chi connectivity index (χ0n) is 15.4. The van der Waals surface area contributed by atoms with Crippen molar-refractivity contribution in [1.82, 2.24) is 9.88 Å². The number of halogens is 1. The Balaban J connectivity index is 1.74. The number of carbonyl (C=O) groups is 1. The van der Waals surface area contributed by atoms with E-state index >= 15 is 0 Å². The average Bonchev–Trinajstić information content (AvgIpc) is 3.16. The predicted molar refractivity (Wildman–Crippen MR) is 103 cm³/mol. The van der Waals surface area contributed by atoms with E-state index in [0.717, 1.165) is 42.1 Å². The minimum absolute atomic E-state index is 0.0363. The molecule has 1 fully saturated rings. The highest BCUT2D eigenvalue weighted by Crippen LogP contribution is 2.30. The van der Waals surface area contributed by atoms with Crippen LogP contribution in [0.4, 0.5) is 4.39 Å². The Labute approximate surface area is 163 Å². The summed E-state index contributed by atoms with van der Waals surface area (Å²) in [5, 5.41) is 1.85. The molecule has 0 bridgehead atoms. The number of likely N-dealkylation sites (tertiary alicyclic amines) is 1. The Bertz CT molecular complexity index is 909. The van der Waals surface area contributed by atoms with Gasteiger partial charge in [0.2, 0.25) is 5.91 Å². The molecule has 1 amide bonds. The van der Waals surface area contributed by atoms with Crippen LogP contribution in [-0.2, 0) is 21.1 Å². The second kappa shape index (κ2) is 8.06. The van der Waals surface area contributed by atoms with Gasteiger partial charge in [0.25, 0.3) is 0 Å². The van der Waals surface area contributed by atoms with Gasteiger partial charge < -0.3 is 4.90 Å². The maximum absolute atomic E-state index is 13.1. The van der Waals surface area contributed by atoms with E-state index in [9.17, 15) is 17.6 Å². The third kappa shape index (κ3) is 4.21. The lowest BCUT2D eigenvalue weighted by molar-refractivity contribution is -0.131. The van der Waals surface area contributed by atoms with Crippen molar-refractivity contribution in [2.75, 3.05) is 13.1 Å². The smallest absolute Gasteiger partial charge is 0.241 e. The third-order valence-electron chi connectivity index (χ3n) is 4.97. The number of nitrogens with zero attached hydrogens (tertiary/aromatic N) is 2. The van der Waals surface area contributed by atoms with E-state index in [1.807, 2.05) is 5.38 Å². The van der Waals surface area contributed by atoms with E-state index in [1.54, 1.807) is 16.2 Å². The summed E-state index contributed by atoms with van der Waals surface area (Å²) < 4.78 is 38.6. The van der Waals surface area contributed by atoms with Crippen molar-refractivity contribution in [3.8, 4) is 0 Å². The summed E-state index contributed by atoms with van der Waals surface area (Å²) in [6, 6.07) is 4.59. The minimum atomic E-state index is -3.86. The van der Waals surface area contributed by atoms with Gasteiger partial charge in [-0.1, -0.05) is 6.92 Å². The molecule has 0 spiro atoms. The molecule has 1 aromatic carbocycles. The number of piperidine rings is 1. The fourth-order valence-corrected chi connectivity index (χ4v) is 5.64. The summed E-state index contributed by atoms with van der Waals surface area (Å²) in [6.07, 6.45) is 2.64. The maximum Gasteiger partial charge on any atom is 0.241 e. The van der Waals surface area contributed by atoms with E-state index in [4.69, 9.17) is 0 Å². The van der Waals surface area contributed by atoms with Crippen LogP contribution in [0.25, 0.3) is 0 Å². The molecule has 0 radical (unpaired) electrons. The third-order valence-corrected chi connectivity index (χ3v) is 8.09. The number of aromatic nitrogens is 1. The number of hydrogen-bond donors (Lipinski definition) is 0. The number of carbonyl (C=O) groups excluding carboxylic acids is 1. The van der Waals surface area contributed by atoms with Crippen molar-refractivity contribution in [3.05, 3.63) is 46.2 Å². The van der Waals surface area contributed by atoms with Gasteiger partial charge >= 0.3 is 0 Å². The molecule has 146 valence electrons. The molecule has 1 aliphatic heterocycles. The molecule has 3 rings (SSSR count). The monoisotopic (exact) mass is 410 g/mol. The lowest BCUT2D eigenvalue weighted by Crippen LogP contribution is -2.45. The summed E-state index contributed by atoms with van der Waals surface area (Å²) in [7, 11) is -3.86. The first-order valence-electron chi connectivity index (χ1n) is 9.05. The van der Waals surface area contributed by atoms with E-state index < -0.39 is 26.8 Å². The number of hydrogen-bond acceptors (Lipinski definition) is 5. The number of amides is 1. The maximum atomic E-state index is 13.1. The quantitative estimate of drug-likeness (QED) is 0.709. The number of thiazole rings is 1. The highest BCUT2D eigenvalue weighted by molar-refractivity contribution is 7.92. The number of benzene rings is 1. The first-order chi connectivity index (χ1) is 12.8. The molecule has 2 aromatic rings. The van der Waals surface area contributed by atoms with Gasteiger partial charge in [-0.25, -0.2) is 17.8 Å². The first-order valence-corrected chi connectivity index (χ1v) is 11.5. The van der Waals surface area contributed by atoms with Crippen LogP contribution in [0.1, 0.15) is 43.3 Å². The molecular formula is C19H23FN2O3S2. The molecule has 1 saturated heterocycles. The summed E-state index contributed by atoms with van der Waals surface area (Å²) in [5.41, 5.74) is 1.05. The van der Waals surface area contributed by atoms with Crippen molar-refractivity contribution < 1.29 is 17.6 Å². The van der Waals surface area contributed by atoms with Crippen LogP contribution < -0.4 is 0 Å². The Morgan fingerprint density at radius 1 is 1.37 bits per heavy atom. The summed E-state index contributed by atoms with van der Waals surface area (Å²) >= 11 is 1.60. The van der Waals surface area contributed by atoms with Gasteiger partial charge in [0, 0.05) is 24.4 Å². The highest BCUT2D eigenvalue weighted by Gasteiger charge is 2.35. The fraction of sp³-hybridized carbons (Fsp3) is 0.474. The van der Waals surface area contributed by atoms with Gasteiger partial charge in [0.05, 0.1) is 15.6 Å². The highest BCUT2D eigenvalue weighted by atomic mass is 32.2. The van der Waals surface area contributed by atoms with E-state index in [1.165, 1.54) is 19.1 Å². The Kier molecular flexibility index (Phi) is 5.95. The van der Waals surface area contributed by atoms with Gasteiger partial charge in [-0.3, -0.25) is 4.79 Å². The number of aryl methyl sites for hydroxylation is 1. The van der Waals surface area contributed by atoms with Gasteiger partial charge in [-0.2, -0.15) is 0 Å². The van der Waals surface area contributed by atoms with Crippen LogP contribution in [0.5, 0.6) is 0 Å². The minimum Gasteiger partial charge on any atom is -0.341 e. The molecule has 5 nitrogen and oxygen atoms in total. The van der Waals surface area contributed by atoms with E-state index in [0.29, 0.717) is 13.1 Å². The van der Waals surface area contributed by atoms with Crippen molar-refractivity contribution >= 4 is 27.1 Å². The van der Waals surface area contributed by atoms with Crippen molar-refractivity contribution in [2.24, 2.45) is 0 Å². The molecule has 1 aliphatic rings. The SMILES string of the molecule is CCc1csc(C2CCCN(C(=O)C(C)S(=O)(=O)c3ccc(F)cc3)C2)n1. The van der Waals surface area contributed by atoms with Gasteiger partial charge in [-0.15, -0.1) is 11.3 Å². The summed E-state index contributed by atoms with van der Waals surface area (Å²) in [5.74, 6) is -0.772. The molecule has 27 heavy (non-hydrogen) atoms. The molecule has 2 heterocycles. The molecule has 0 N–H and O–H groups in total. The zero-order valence-corrected chi connectivity index (χ0v) is 17.0. The average molecular weight is 411 g/mol. The van der Waals surface area contributed by atoms with Gasteiger partial charge in [0.1, 0.15) is 11.1 Å². The lowest BCUT2D eigenvalue weighted by Gasteiger charge is -2.33. The second-order valence-electron chi connectivity index (χ2n) is 6.80. The topological polar surface area (TPSA) is 67.3 Å². The van der Waals surface area contributed by atoms with Crippen molar-refractivity contribution in [2.45, 2.75) is 49.2 Å². The molecule has 2 unspecified atom stereocenters. The molecule has 0 saturated carbocycles. The van der Waals surface area contributed by atoms with Crippen LogP contribution in [0.2, 0.25) is 0 Å². The lowest BCUT2D eigenvalue weighted by atomic mass is 9.98. The Morgan fingerprint density at radius 3 is 2.70 bits per heavy atom. The Morgan fingerprint density at radius 2 is 2.07 bits per heavy atom. The Hall–Kier alpha value is -1.80. The zero-order chi connectivity index (χ0) is 19.6. The summed E-state index contributed by atoms with van der Waals surface area (Å²) in [6.45, 7) is 4.49. The molecule has 1 aromatic heterocycles. The molecule has 2 atom stereocenters. The molecular weight excluding hydrogens is 387 g/mol. The second-order valence-corrected chi connectivity index (χ2v) is 9.95. The first kappa shape index (κ1) is 19.9. The van der Waals surface area contributed by atoms with Crippen LogP contribution in [-0.4, -0.2) is 42.5 Å². The fourth-order valence-electron chi connectivity index (χ4n) is 3.27. The van der Waals surface area contributed by atoms with Gasteiger partial charge in [-0.05, 0) is 50.5 Å². The number of rotatable bonds is 5. The summed E-state index contributed by atoms with van der Waals surface area (Å²) in [4.78, 5) is 19.1. The van der Waals surface area contributed by atoms with Crippen LogP contribution >= 0.6 is 11.3 Å². The molecule has 8 heteroatoms. The van der Waals surface area contributed by atoms with Crippen LogP contribution in [0, 0.1) is 5.82 Å². The van der Waals surface area contributed by atoms with Crippen molar-refractivity contribution in [1.29, 1.82) is 0 Å². The van der Waals surface area contributed by atoms with E-state index in [-0.39, 0.29) is 10.8 Å². The standard InChI is InChI=1S/C19H23FN2O3S2/c1-3-16-12-26-18(21-16)14-5-4-10-22(11-14)19(23)13(2)27(24,25)17-8-6-15(20)7-9-17/h6-9,12-14H,3-5,10-11H2,1-2H3. The predicted octanol–water partition coefficient (Wildman–Crippen LogP) is 3.41. The van der Waals surface area contributed by atoms with Gasteiger partial charge in [0.15, 0.2) is 9.84 Å². The normalized spacial score (nSPS) is 19.1. The van der Waals surface area contributed by atoms with Crippen LogP contribution in [0.3, 0.4) is 0 Å².